The van der Waals surface area contributed by atoms with Gasteiger partial charge >= 0.3 is 5.97 Å². The molecule has 1 N–H and O–H groups in total. The molecule has 0 amide bonds. The van der Waals surface area contributed by atoms with Gasteiger partial charge in [-0.05, 0) is 47.5 Å². The first-order valence-corrected chi connectivity index (χ1v) is 7.45. The summed E-state index contributed by atoms with van der Waals surface area (Å²) in [5, 5.41) is 12.1. The Morgan fingerprint density at radius 2 is 2.05 bits per heavy atom. The highest BCUT2D eigenvalue weighted by atomic mass is 32.1. The zero-order chi connectivity index (χ0) is 14.8. The third-order valence-electron chi connectivity index (χ3n) is 3.38. The second-order valence-electron chi connectivity index (χ2n) is 4.83. The van der Waals surface area contributed by atoms with Crippen LogP contribution in [0.25, 0.3) is 10.1 Å². The summed E-state index contributed by atoms with van der Waals surface area (Å²) in [6.07, 6.45) is 0. The van der Waals surface area contributed by atoms with Gasteiger partial charge < -0.3 is 9.84 Å². The van der Waals surface area contributed by atoms with Gasteiger partial charge in [0.05, 0.1) is 5.56 Å². The maximum absolute atomic E-state index is 11.1. The number of para-hydroxylation sites is 1. The number of ether oxygens (including phenoxy) is 1. The van der Waals surface area contributed by atoms with E-state index in [1.807, 2.05) is 42.6 Å². The summed E-state index contributed by atoms with van der Waals surface area (Å²) in [5.41, 5.74) is 2.41. The fraction of sp³-hybridized carbons (Fsp3) is 0.118. The molecule has 3 aromatic rings. The van der Waals surface area contributed by atoms with E-state index in [0.29, 0.717) is 12.2 Å². The van der Waals surface area contributed by atoms with Crippen LogP contribution in [-0.4, -0.2) is 11.1 Å². The second-order valence-corrected chi connectivity index (χ2v) is 5.74. The van der Waals surface area contributed by atoms with Crippen molar-refractivity contribution < 1.29 is 14.6 Å². The van der Waals surface area contributed by atoms with Crippen LogP contribution in [0, 0.1) is 6.92 Å². The number of carboxylic acids is 1. The Hall–Kier alpha value is -2.33. The standard InChI is InChI=1S/C17H14O3S/c1-11-4-2-3-5-15(11)20-9-13-10-21-16-7-6-12(17(18)19)8-14(13)16/h2-8,10H,9H2,1H3,(H,18,19). The quantitative estimate of drug-likeness (QED) is 0.772. The summed E-state index contributed by atoms with van der Waals surface area (Å²) in [6.45, 7) is 2.44. The Balaban J connectivity index is 1.89. The van der Waals surface area contributed by atoms with Crippen LogP contribution in [0.5, 0.6) is 5.75 Å². The number of thiophene rings is 1. The zero-order valence-corrected chi connectivity index (χ0v) is 12.3. The van der Waals surface area contributed by atoms with Gasteiger partial charge in [-0.3, -0.25) is 0 Å². The number of hydrogen-bond acceptors (Lipinski definition) is 3. The Labute approximate surface area is 126 Å². The van der Waals surface area contributed by atoms with E-state index in [0.717, 1.165) is 27.0 Å². The van der Waals surface area contributed by atoms with Crippen molar-refractivity contribution in [2.75, 3.05) is 0 Å². The Morgan fingerprint density at radius 1 is 1.24 bits per heavy atom. The molecule has 0 aliphatic carbocycles. The van der Waals surface area contributed by atoms with Crippen LogP contribution in [0.2, 0.25) is 0 Å². The number of carbonyl (C=O) groups is 1. The summed E-state index contributed by atoms with van der Waals surface area (Å²) < 4.78 is 6.92. The molecule has 21 heavy (non-hydrogen) atoms. The third-order valence-corrected chi connectivity index (χ3v) is 4.39. The van der Waals surface area contributed by atoms with Crippen molar-refractivity contribution in [3.8, 4) is 5.75 Å². The van der Waals surface area contributed by atoms with Crippen LogP contribution < -0.4 is 4.74 Å². The molecule has 0 unspecified atom stereocenters. The molecule has 0 atom stereocenters. The molecule has 0 spiro atoms. The molecule has 0 bridgehead atoms. The molecule has 0 radical (unpaired) electrons. The molecule has 2 aromatic carbocycles. The fourth-order valence-electron chi connectivity index (χ4n) is 2.20. The van der Waals surface area contributed by atoms with Crippen LogP contribution in [0.4, 0.5) is 0 Å². The predicted octanol–water partition coefficient (Wildman–Crippen LogP) is 4.49. The molecule has 4 heteroatoms. The molecule has 0 saturated carbocycles. The maximum atomic E-state index is 11.1. The van der Waals surface area contributed by atoms with Gasteiger partial charge in [0.1, 0.15) is 12.4 Å². The lowest BCUT2D eigenvalue weighted by molar-refractivity contribution is 0.0697. The van der Waals surface area contributed by atoms with Crippen LogP contribution in [0.3, 0.4) is 0 Å². The zero-order valence-electron chi connectivity index (χ0n) is 11.5. The number of benzene rings is 2. The number of hydrogen-bond donors (Lipinski definition) is 1. The SMILES string of the molecule is Cc1ccccc1OCc1csc2ccc(C(=O)O)cc12. The average molecular weight is 298 g/mol. The largest absolute Gasteiger partial charge is 0.489 e. The predicted molar refractivity (Wildman–Crippen MR) is 84.3 cm³/mol. The molecule has 0 aliphatic rings. The van der Waals surface area contributed by atoms with Crippen LogP contribution >= 0.6 is 11.3 Å². The summed E-state index contributed by atoms with van der Waals surface area (Å²) in [4.78, 5) is 11.1. The first-order chi connectivity index (χ1) is 10.1. The Morgan fingerprint density at radius 3 is 2.81 bits per heavy atom. The van der Waals surface area contributed by atoms with Crippen molar-refractivity contribution in [2.45, 2.75) is 13.5 Å². The summed E-state index contributed by atoms with van der Waals surface area (Å²) >= 11 is 1.60. The summed E-state index contributed by atoms with van der Waals surface area (Å²) in [5.74, 6) is -0.0555. The highest BCUT2D eigenvalue weighted by molar-refractivity contribution is 7.17. The second kappa shape index (κ2) is 5.58. The first kappa shape index (κ1) is 13.6. The van der Waals surface area contributed by atoms with Gasteiger partial charge in [-0.25, -0.2) is 4.79 Å². The topological polar surface area (TPSA) is 46.5 Å². The average Bonchev–Trinajstić information content (AvgIpc) is 2.88. The lowest BCUT2D eigenvalue weighted by Crippen LogP contribution is -1.98. The molecule has 3 nitrogen and oxygen atoms in total. The van der Waals surface area contributed by atoms with Gasteiger partial charge in [-0.15, -0.1) is 11.3 Å². The Kier molecular flexibility index (Phi) is 3.62. The lowest BCUT2D eigenvalue weighted by Gasteiger charge is -2.08. The number of fused-ring (bicyclic) bond motifs is 1. The summed E-state index contributed by atoms with van der Waals surface area (Å²) in [6, 6.07) is 13.0. The van der Waals surface area contributed by atoms with E-state index in [9.17, 15) is 4.79 Å². The van der Waals surface area contributed by atoms with Crippen LogP contribution in [-0.2, 0) is 6.61 Å². The van der Waals surface area contributed by atoms with Crippen molar-refractivity contribution in [2.24, 2.45) is 0 Å². The van der Waals surface area contributed by atoms with Gasteiger partial charge in [-0.1, -0.05) is 18.2 Å². The van der Waals surface area contributed by atoms with Gasteiger partial charge in [0.2, 0.25) is 0 Å². The monoisotopic (exact) mass is 298 g/mol. The van der Waals surface area contributed by atoms with E-state index in [2.05, 4.69) is 0 Å². The number of carboxylic acid groups (broad SMARTS) is 1. The maximum Gasteiger partial charge on any atom is 0.335 e. The lowest BCUT2D eigenvalue weighted by atomic mass is 10.1. The van der Waals surface area contributed by atoms with Gasteiger partial charge in [0.25, 0.3) is 0 Å². The molecule has 0 aliphatic heterocycles. The van der Waals surface area contributed by atoms with Gasteiger partial charge in [0.15, 0.2) is 0 Å². The highest BCUT2D eigenvalue weighted by Gasteiger charge is 2.09. The van der Waals surface area contributed by atoms with Crippen molar-refractivity contribution in [3.63, 3.8) is 0 Å². The van der Waals surface area contributed by atoms with E-state index in [1.54, 1.807) is 23.5 Å². The molecule has 106 valence electrons. The molecule has 1 aromatic heterocycles. The Bertz CT molecular complexity index is 805. The van der Waals surface area contributed by atoms with E-state index in [-0.39, 0.29) is 0 Å². The van der Waals surface area contributed by atoms with Crippen molar-refractivity contribution in [1.82, 2.24) is 0 Å². The molecule has 0 fully saturated rings. The van der Waals surface area contributed by atoms with Crippen molar-refractivity contribution in [1.29, 1.82) is 0 Å². The molecular formula is C17H14O3S. The highest BCUT2D eigenvalue weighted by Crippen LogP contribution is 2.28. The number of aryl methyl sites for hydroxylation is 1. The summed E-state index contributed by atoms with van der Waals surface area (Å²) in [7, 11) is 0. The smallest absolute Gasteiger partial charge is 0.335 e. The molecule has 1 heterocycles. The van der Waals surface area contributed by atoms with E-state index >= 15 is 0 Å². The molecule has 0 saturated heterocycles. The first-order valence-electron chi connectivity index (χ1n) is 6.57. The molecule has 3 rings (SSSR count). The van der Waals surface area contributed by atoms with E-state index < -0.39 is 5.97 Å². The minimum Gasteiger partial charge on any atom is -0.489 e. The number of rotatable bonds is 4. The minimum atomic E-state index is -0.908. The fourth-order valence-corrected chi connectivity index (χ4v) is 3.13. The van der Waals surface area contributed by atoms with Gasteiger partial charge in [0, 0.05) is 10.3 Å². The molecular weight excluding hydrogens is 284 g/mol. The minimum absolute atomic E-state index is 0.304. The third kappa shape index (κ3) is 2.76. The van der Waals surface area contributed by atoms with Gasteiger partial charge in [-0.2, -0.15) is 0 Å². The van der Waals surface area contributed by atoms with Crippen molar-refractivity contribution >= 4 is 27.4 Å². The van der Waals surface area contributed by atoms with Crippen LogP contribution in [0.15, 0.2) is 47.8 Å². The van der Waals surface area contributed by atoms with E-state index in [4.69, 9.17) is 9.84 Å². The van der Waals surface area contributed by atoms with Crippen molar-refractivity contribution in [3.05, 3.63) is 64.5 Å². The number of aromatic carboxylic acids is 1. The van der Waals surface area contributed by atoms with Crippen LogP contribution in [0.1, 0.15) is 21.5 Å². The normalized spacial score (nSPS) is 10.7. The van der Waals surface area contributed by atoms with E-state index in [1.165, 1.54) is 0 Å².